The summed E-state index contributed by atoms with van der Waals surface area (Å²) in [6.45, 7) is 2.41. The van der Waals surface area contributed by atoms with E-state index in [9.17, 15) is 4.79 Å². The first-order valence-corrected chi connectivity index (χ1v) is 10.9. The van der Waals surface area contributed by atoms with Crippen molar-refractivity contribution < 1.29 is 9.53 Å². The Morgan fingerprint density at radius 1 is 1.14 bits per heavy atom. The van der Waals surface area contributed by atoms with E-state index in [-0.39, 0.29) is 12.6 Å². The van der Waals surface area contributed by atoms with Crippen LogP contribution in [0.15, 0.2) is 30.3 Å². The number of aromatic nitrogens is 1. The monoisotopic (exact) mass is 394 g/mol. The number of carbonyl (C=O) groups is 1. The molecule has 0 saturated heterocycles. The van der Waals surface area contributed by atoms with Crippen LogP contribution in [0.1, 0.15) is 64.7 Å². The fourth-order valence-electron chi connectivity index (χ4n) is 4.10. The van der Waals surface area contributed by atoms with Crippen LogP contribution in [0, 0.1) is 0 Å². The predicted octanol–water partition coefficient (Wildman–Crippen LogP) is 5.46. The Labute approximate surface area is 169 Å². The number of carbonyl (C=O) groups excluding carboxylic acids is 1. The van der Waals surface area contributed by atoms with Crippen LogP contribution in [0.25, 0.3) is 10.2 Å². The van der Waals surface area contributed by atoms with E-state index in [1.807, 2.05) is 30.3 Å². The molecule has 1 aliphatic rings. The average molecular weight is 395 g/mol. The second-order valence-corrected chi connectivity index (χ2v) is 8.37. The van der Waals surface area contributed by atoms with Crippen LogP contribution in [-0.4, -0.2) is 11.0 Å². The maximum atomic E-state index is 12.7. The van der Waals surface area contributed by atoms with E-state index >= 15 is 0 Å². The number of ether oxygens (including phenoxy) is 1. The van der Waals surface area contributed by atoms with Gasteiger partial charge in [0.2, 0.25) is 0 Å². The van der Waals surface area contributed by atoms with Crippen molar-refractivity contribution in [3.8, 4) is 0 Å². The molecule has 1 aromatic carbocycles. The van der Waals surface area contributed by atoms with Crippen LogP contribution in [0.3, 0.4) is 0 Å². The van der Waals surface area contributed by atoms with Gasteiger partial charge in [-0.2, -0.15) is 0 Å². The summed E-state index contributed by atoms with van der Waals surface area (Å²) in [6.07, 6.45) is 7.90. The molecule has 0 fully saturated rings. The molecule has 2 N–H and O–H groups in total. The molecule has 146 valence electrons. The highest BCUT2D eigenvalue weighted by molar-refractivity contribution is 7.21. The van der Waals surface area contributed by atoms with Crippen LogP contribution < -0.4 is 5.73 Å². The Hall–Kier alpha value is -2.40. The fourth-order valence-corrected chi connectivity index (χ4v) is 5.14. The smallest absolute Gasteiger partial charge is 0.350 e. The minimum atomic E-state index is -0.362. The molecule has 3 aromatic rings. The van der Waals surface area contributed by atoms with Crippen LogP contribution in [-0.2, 0) is 30.6 Å². The van der Waals surface area contributed by atoms with E-state index < -0.39 is 0 Å². The molecule has 0 bridgehead atoms. The molecule has 4 rings (SSSR count). The van der Waals surface area contributed by atoms with Gasteiger partial charge in [-0.25, -0.2) is 9.78 Å². The number of aryl methyl sites for hydroxylation is 2. The van der Waals surface area contributed by atoms with Gasteiger partial charge in [-0.15, -0.1) is 11.3 Å². The Bertz CT molecular complexity index is 995. The molecule has 0 atom stereocenters. The number of hydrogen-bond donors (Lipinski definition) is 1. The lowest BCUT2D eigenvalue weighted by molar-refractivity contribution is 0.0480. The number of pyridine rings is 1. The lowest BCUT2D eigenvalue weighted by Gasteiger charge is -2.17. The number of benzene rings is 1. The number of esters is 1. The first kappa shape index (κ1) is 18.9. The summed E-state index contributed by atoms with van der Waals surface area (Å²) in [5, 5.41) is 0.971. The summed E-state index contributed by atoms with van der Waals surface area (Å²) in [5.74, 6) is -0.362. The van der Waals surface area contributed by atoms with Crippen molar-refractivity contribution in [2.75, 3.05) is 5.73 Å². The minimum absolute atomic E-state index is 0.248. The highest BCUT2D eigenvalue weighted by Gasteiger charge is 2.24. The van der Waals surface area contributed by atoms with Gasteiger partial charge < -0.3 is 10.5 Å². The summed E-state index contributed by atoms with van der Waals surface area (Å²) in [5.41, 5.74) is 11.8. The molecule has 0 spiro atoms. The van der Waals surface area contributed by atoms with Gasteiger partial charge in [0.25, 0.3) is 0 Å². The second kappa shape index (κ2) is 8.31. The Kier molecular flexibility index (Phi) is 5.62. The lowest BCUT2D eigenvalue weighted by Crippen LogP contribution is -2.08. The van der Waals surface area contributed by atoms with Gasteiger partial charge >= 0.3 is 5.97 Å². The van der Waals surface area contributed by atoms with E-state index in [0.717, 1.165) is 35.0 Å². The van der Waals surface area contributed by atoms with Gasteiger partial charge in [-0.05, 0) is 48.8 Å². The second-order valence-electron chi connectivity index (χ2n) is 7.37. The quantitative estimate of drug-likeness (QED) is 0.597. The van der Waals surface area contributed by atoms with Crippen LogP contribution in [0.4, 0.5) is 5.69 Å². The number of nitrogens with zero attached hydrogens (tertiary/aromatic N) is 1. The zero-order chi connectivity index (χ0) is 19.5. The van der Waals surface area contributed by atoms with Gasteiger partial charge in [0.05, 0.1) is 5.69 Å². The normalized spacial score (nSPS) is 14.3. The zero-order valence-electron chi connectivity index (χ0n) is 16.3. The van der Waals surface area contributed by atoms with Crippen molar-refractivity contribution >= 4 is 33.2 Å². The largest absolute Gasteiger partial charge is 0.457 e. The van der Waals surface area contributed by atoms with Gasteiger partial charge in [0, 0.05) is 11.1 Å². The number of nitrogens with two attached hydrogens (primary N) is 1. The number of rotatable bonds is 4. The molecule has 0 radical (unpaired) electrons. The maximum absolute atomic E-state index is 12.7. The molecule has 0 saturated carbocycles. The number of fused-ring (bicyclic) bond motifs is 2. The summed E-state index contributed by atoms with van der Waals surface area (Å²) >= 11 is 1.37. The van der Waals surface area contributed by atoms with Crippen molar-refractivity contribution in [3.63, 3.8) is 0 Å². The fraction of sp³-hybridized carbons (Fsp3) is 0.391. The predicted molar refractivity (Wildman–Crippen MR) is 115 cm³/mol. The summed E-state index contributed by atoms with van der Waals surface area (Å²) < 4.78 is 5.53. The lowest BCUT2D eigenvalue weighted by atomic mass is 9.91. The minimum Gasteiger partial charge on any atom is -0.457 e. The van der Waals surface area contributed by atoms with E-state index in [1.54, 1.807) is 0 Å². The molecule has 0 aliphatic heterocycles. The van der Waals surface area contributed by atoms with Crippen LogP contribution in [0.5, 0.6) is 0 Å². The Morgan fingerprint density at radius 3 is 2.64 bits per heavy atom. The van der Waals surface area contributed by atoms with E-state index in [1.165, 1.54) is 53.8 Å². The number of nitrogen functional groups attached to an aromatic ring is 1. The molecule has 0 amide bonds. The van der Waals surface area contributed by atoms with Crippen molar-refractivity contribution in [2.45, 2.75) is 58.5 Å². The van der Waals surface area contributed by atoms with E-state index in [0.29, 0.717) is 10.6 Å². The Balaban J connectivity index is 1.70. The third-order valence-corrected chi connectivity index (χ3v) is 6.60. The summed E-state index contributed by atoms with van der Waals surface area (Å²) in [4.78, 5) is 19.0. The number of anilines is 1. The molecular formula is C23H26N2O2S. The van der Waals surface area contributed by atoms with E-state index in [2.05, 4.69) is 6.92 Å². The molecule has 5 heteroatoms. The highest BCUT2D eigenvalue weighted by Crippen LogP contribution is 2.39. The standard InChI is InChI=1S/C23H26N2O2S/c1-2-16-17-12-8-3-4-9-13-18(17)25-22-19(16)20(24)21(28-22)23(26)27-14-15-10-6-5-7-11-15/h5-7,10-11H,2-4,8-9,12-14,24H2,1H3. The van der Waals surface area contributed by atoms with Gasteiger partial charge in [0.15, 0.2) is 0 Å². The average Bonchev–Trinajstić information content (AvgIpc) is 3.03. The SMILES string of the molecule is CCc1c2c(nc3sc(C(=O)OCc4ccccc4)c(N)c13)CCCCCC2. The number of thiophene rings is 1. The first-order valence-electron chi connectivity index (χ1n) is 10.1. The highest BCUT2D eigenvalue weighted by atomic mass is 32.1. The molecule has 4 nitrogen and oxygen atoms in total. The molecule has 2 heterocycles. The molecule has 0 unspecified atom stereocenters. The maximum Gasteiger partial charge on any atom is 0.350 e. The summed E-state index contributed by atoms with van der Waals surface area (Å²) in [7, 11) is 0. The van der Waals surface area contributed by atoms with Gasteiger partial charge in [-0.1, -0.05) is 50.1 Å². The van der Waals surface area contributed by atoms with Crippen LogP contribution in [0.2, 0.25) is 0 Å². The van der Waals surface area contributed by atoms with Gasteiger partial charge in [-0.3, -0.25) is 0 Å². The summed E-state index contributed by atoms with van der Waals surface area (Å²) in [6, 6.07) is 9.70. The van der Waals surface area contributed by atoms with Crippen molar-refractivity contribution in [2.24, 2.45) is 0 Å². The Morgan fingerprint density at radius 2 is 1.89 bits per heavy atom. The molecule has 28 heavy (non-hydrogen) atoms. The van der Waals surface area contributed by atoms with Crippen molar-refractivity contribution in [1.82, 2.24) is 4.98 Å². The zero-order valence-corrected chi connectivity index (χ0v) is 17.1. The van der Waals surface area contributed by atoms with E-state index in [4.69, 9.17) is 15.5 Å². The topological polar surface area (TPSA) is 65.2 Å². The van der Waals surface area contributed by atoms with Crippen molar-refractivity contribution in [3.05, 3.63) is 57.6 Å². The third kappa shape index (κ3) is 3.63. The third-order valence-electron chi connectivity index (χ3n) is 5.52. The van der Waals surface area contributed by atoms with Crippen LogP contribution >= 0.6 is 11.3 Å². The van der Waals surface area contributed by atoms with Crippen molar-refractivity contribution in [1.29, 1.82) is 0 Å². The van der Waals surface area contributed by atoms with Gasteiger partial charge in [0.1, 0.15) is 16.3 Å². The molecule has 2 aromatic heterocycles. The first-order chi connectivity index (χ1) is 13.7. The molecule has 1 aliphatic carbocycles. The number of hydrogen-bond acceptors (Lipinski definition) is 5. The molecular weight excluding hydrogens is 368 g/mol.